The molecule has 1 saturated heterocycles. The predicted molar refractivity (Wildman–Crippen MR) is 91.3 cm³/mol. The van der Waals surface area contributed by atoms with Crippen molar-refractivity contribution in [3.8, 4) is 5.75 Å². The highest BCUT2D eigenvalue weighted by atomic mass is 79.9. The fraction of sp³-hybridized carbons (Fsp3) is 0.611. The summed E-state index contributed by atoms with van der Waals surface area (Å²) in [7, 11) is 0. The molecule has 0 radical (unpaired) electrons. The number of nitrogens with zero attached hydrogens (tertiary/aromatic N) is 1. The topological polar surface area (TPSA) is 29.5 Å². The lowest BCUT2D eigenvalue weighted by Gasteiger charge is -2.57. The molecule has 3 rings (SSSR count). The summed E-state index contributed by atoms with van der Waals surface area (Å²) in [4.78, 5) is 13.1. The highest BCUT2D eigenvalue weighted by molar-refractivity contribution is 9.10. The fourth-order valence-electron chi connectivity index (χ4n) is 4.06. The Labute approximate surface area is 157 Å². The third kappa shape index (κ3) is 3.15. The normalized spacial score (nSPS) is 32.8. The number of alkyl halides is 3. The molecule has 1 heterocycles. The SMILES string of the molecule is CC1(Oc2ccc(Br)c(F)c2)CCCCN1C1CCC1(C=O)C(F)(F)F. The van der Waals surface area contributed by atoms with E-state index in [1.807, 2.05) is 0 Å². The summed E-state index contributed by atoms with van der Waals surface area (Å²) in [5, 5.41) is 0. The Balaban J connectivity index is 1.90. The second kappa shape index (κ2) is 6.78. The summed E-state index contributed by atoms with van der Waals surface area (Å²) >= 11 is 3.06. The summed E-state index contributed by atoms with van der Waals surface area (Å²) in [5.74, 6) is -0.252. The highest BCUT2D eigenvalue weighted by Crippen LogP contribution is 2.55. The Morgan fingerprint density at radius 2 is 2.04 bits per heavy atom. The Kier molecular flexibility index (Phi) is 5.11. The molecule has 1 aliphatic carbocycles. The van der Waals surface area contributed by atoms with E-state index in [0.717, 1.165) is 12.8 Å². The molecule has 0 aromatic heterocycles. The van der Waals surface area contributed by atoms with Gasteiger partial charge in [-0.05, 0) is 60.7 Å². The van der Waals surface area contributed by atoms with E-state index in [4.69, 9.17) is 4.74 Å². The van der Waals surface area contributed by atoms with Gasteiger partial charge in [0.15, 0.2) is 5.72 Å². The van der Waals surface area contributed by atoms with E-state index in [-0.39, 0.29) is 29.4 Å². The summed E-state index contributed by atoms with van der Waals surface area (Å²) in [5.41, 5.74) is -3.37. The van der Waals surface area contributed by atoms with Gasteiger partial charge in [-0.2, -0.15) is 13.2 Å². The number of hydrogen-bond donors (Lipinski definition) is 0. The first-order valence-electron chi connectivity index (χ1n) is 8.57. The van der Waals surface area contributed by atoms with Crippen molar-refractivity contribution in [2.45, 2.75) is 57.0 Å². The first-order valence-corrected chi connectivity index (χ1v) is 9.36. The number of piperidine rings is 1. The fourth-order valence-corrected chi connectivity index (χ4v) is 4.30. The van der Waals surface area contributed by atoms with Crippen LogP contribution in [0.25, 0.3) is 0 Å². The lowest BCUT2D eigenvalue weighted by molar-refractivity contribution is -0.277. The van der Waals surface area contributed by atoms with Gasteiger partial charge in [0.05, 0.1) is 4.47 Å². The minimum absolute atomic E-state index is 0.0511. The molecular formula is C18H20BrF4NO2. The number of rotatable bonds is 4. The molecule has 2 fully saturated rings. The van der Waals surface area contributed by atoms with Gasteiger partial charge in [-0.15, -0.1) is 0 Å². The monoisotopic (exact) mass is 437 g/mol. The number of hydrogen-bond acceptors (Lipinski definition) is 3. The van der Waals surface area contributed by atoms with Crippen LogP contribution in [0.1, 0.15) is 39.0 Å². The van der Waals surface area contributed by atoms with Crippen molar-refractivity contribution >= 4 is 22.2 Å². The van der Waals surface area contributed by atoms with Crippen LogP contribution in [-0.2, 0) is 4.79 Å². The molecule has 0 spiro atoms. The summed E-state index contributed by atoms with van der Waals surface area (Å²) in [6.45, 7) is 2.13. The molecule has 144 valence electrons. The molecule has 1 saturated carbocycles. The number of likely N-dealkylation sites (tertiary alicyclic amines) is 1. The maximum atomic E-state index is 13.8. The Morgan fingerprint density at radius 3 is 2.58 bits per heavy atom. The Morgan fingerprint density at radius 1 is 1.31 bits per heavy atom. The van der Waals surface area contributed by atoms with Gasteiger partial charge in [-0.1, -0.05) is 0 Å². The van der Waals surface area contributed by atoms with Gasteiger partial charge in [-0.25, -0.2) is 4.39 Å². The van der Waals surface area contributed by atoms with Crippen LogP contribution in [0.4, 0.5) is 17.6 Å². The van der Waals surface area contributed by atoms with Crippen molar-refractivity contribution in [2.75, 3.05) is 6.54 Å². The maximum absolute atomic E-state index is 13.8. The van der Waals surface area contributed by atoms with Gasteiger partial charge in [-0.3, -0.25) is 4.90 Å². The van der Waals surface area contributed by atoms with Crippen molar-refractivity contribution < 1.29 is 27.1 Å². The van der Waals surface area contributed by atoms with E-state index in [1.165, 1.54) is 12.1 Å². The number of carbonyl (C=O) groups excluding carboxylic acids is 1. The molecule has 3 unspecified atom stereocenters. The molecule has 8 heteroatoms. The van der Waals surface area contributed by atoms with Crippen LogP contribution in [0.5, 0.6) is 5.75 Å². The molecule has 0 bridgehead atoms. The van der Waals surface area contributed by atoms with Crippen molar-refractivity contribution in [1.29, 1.82) is 0 Å². The van der Waals surface area contributed by atoms with Gasteiger partial charge < -0.3 is 9.53 Å². The number of benzene rings is 1. The van der Waals surface area contributed by atoms with Gasteiger partial charge >= 0.3 is 6.18 Å². The number of ether oxygens (including phenoxy) is 1. The zero-order chi connectivity index (χ0) is 19.2. The molecule has 0 amide bonds. The van der Waals surface area contributed by atoms with E-state index in [1.54, 1.807) is 17.9 Å². The average Bonchev–Trinajstić information content (AvgIpc) is 2.52. The summed E-state index contributed by atoms with van der Waals surface area (Å²) < 4.78 is 60.8. The van der Waals surface area contributed by atoms with Gasteiger partial charge in [0.25, 0.3) is 0 Å². The van der Waals surface area contributed by atoms with Crippen LogP contribution < -0.4 is 4.74 Å². The van der Waals surface area contributed by atoms with Gasteiger partial charge in [0.1, 0.15) is 23.3 Å². The lowest BCUT2D eigenvalue weighted by Crippen LogP contribution is -2.69. The van der Waals surface area contributed by atoms with Crippen LogP contribution in [0, 0.1) is 11.2 Å². The largest absolute Gasteiger partial charge is 0.473 e. The van der Waals surface area contributed by atoms with Crippen LogP contribution >= 0.6 is 15.9 Å². The summed E-state index contributed by atoms with van der Waals surface area (Å²) in [6.07, 6.45) is -2.44. The number of aldehydes is 1. The summed E-state index contributed by atoms with van der Waals surface area (Å²) in [6, 6.07) is 3.32. The van der Waals surface area contributed by atoms with Crippen molar-refractivity contribution in [3.05, 3.63) is 28.5 Å². The molecular weight excluding hydrogens is 418 g/mol. The minimum Gasteiger partial charge on any atom is -0.473 e. The smallest absolute Gasteiger partial charge is 0.402 e. The number of carbonyl (C=O) groups is 1. The molecule has 2 aliphatic rings. The molecule has 3 nitrogen and oxygen atoms in total. The molecule has 0 N–H and O–H groups in total. The van der Waals surface area contributed by atoms with Crippen LogP contribution in [-0.4, -0.2) is 35.7 Å². The van der Waals surface area contributed by atoms with E-state index >= 15 is 0 Å². The zero-order valence-corrected chi connectivity index (χ0v) is 15.9. The molecule has 1 aliphatic heterocycles. The second-order valence-corrected chi connectivity index (χ2v) is 8.07. The van der Waals surface area contributed by atoms with E-state index in [0.29, 0.717) is 13.0 Å². The van der Waals surface area contributed by atoms with Gasteiger partial charge in [0, 0.05) is 25.1 Å². The van der Waals surface area contributed by atoms with Crippen molar-refractivity contribution in [1.82, 2.24) is 4.90 Å². The third-order valence-corrected chi connectivity index (χ3v) is 6.31. The van der Waals surface area contributed by atoms with Crippen LogP contribution in [0.3, 0.4) is 0 Å². The van der Waals surface area contributed by atoms with Gasteiger partial charge in [0.2, 0.25) is 0 Å². The zero-order valence-electron chi connectivity index (χ0n) is 14.3. The van der Waals surface area contributed by atoms with Crippen LogP contribution in [0.15, 0.2) is 22.7 Å². The lowest BCUT2D eigenvalue weighted by atomic mass is 9.63. The molecule has 1 aromatic carbocycles. The van der Waals surface area contributed by atoms with Crippen LogP contribution in [0.2, 0.25) is 0 Å². The average molecular weight is 438 g/mol. The standard InChI is InChI=1S/C18H20BrF4NO2/c1-16(26-12-4-5-13(19)14(20)10-12)7-2-3-9-24(16)15-6-8-17(15,11-25)18(21,22)23/h4-5,10-11,15H,2-3,6-9H2,1H3. The van der Waals surface area contributed by atoms with E-state index < -0.39 is 29.2 Å². The third-order valence-electron chi connectivity index (χ3n) is 5.67. The van der Waals surface area contributed by atoms with E-state index in [9.17, 15) is 22.4 Å². The van der Waals surface area contributed by atoms with Crippen molar-refractivity contribution in [2.24, 2.45) is 5.41 Å². The molecule has 26 heavy (non-hydrogen) atoms. The second-order valence-electron chi connectivity index (χ2n) is 7.21. The molecule has 3 atom stereocenters. The number of halogens is 5. The van der Waals surface area contributed by atoms with Crippen molar-refractivity contribution in [3.63, 3.8) is 0 Å². The molecule has 1 aromatic rings. The predicted octanol–water partition coefficient (Wildman–Crippen LogP) is 5.08. The Hall–Kier alpha value is -1.15. The highest BCUT2D eigenvalue weighted by Gasteiger charge is 2.67. The van der Waals surface area contributed by atoms with E-state index in [2.05, 4.69) is 15.9 Å². The first-order chi connectivity index (χ1) is 12.1. The minimum atomic E-state index is -4.60. The quantitative estimate of drug-likeness (QED) is 0.485. The maximum Gasteiger partial charge on any atom is 0.402 e. The Bertz CT molecular complexity index is 698. The first kappa shape index (κ1) is 19.6.